The topological polar surface area (TPSA) is 62.6 Å². The van der Waals surface area contributed by atoms with Crippen molar-refractivity contribution in [1.82, 2.24) is 4.90 Å². The largest absolute Gasteiger partial charge is 0.481 e. The first-order valence-electron chi connectivity index (χ1n) is 6.21. The molecule has 0 radical (unpaired) electrons. The van der Waals surface area contributed by atoms with E-state index in [2.05, 4.69) is 12.0 Å². The second kappa shape index (κ2) is 6.60. The van der Waals surface area contributed by atoms with Crippen molar-refractivity contribution in [2.45, 2.75) is 6.04 Å². The number of carbonyl (C=O) groups excluding carboxylic acids is 1. The van der Waals surface area contributed by atoms with Crippen LogP contribution in [0.1, 0.15) is 10.4 Å². The molecule has 5 nitrogen and oxygen atoms in total. The Balaban J connectivity index is 2.09. The van der Waals surface area contributed by atoms with E-state index in [1.54, 1.807) is 24.3 Å². The van der Waals surface area contributed by atoms with Gasteiger partial charge in [-0.15, -0.1) is 6.42 Å². The molecule has 1 fully saturated rings. The van der Waals surface area contributed by atoms with Crippen molar-refractivity contribution in [3.8, 4) is 24.2 Å². The van der Waals surface area contributed by atoms with Gasteiger partial charge in [0.1, 0.15) is 18.4 Å². The van der Waals surface area contributed by atoms with Crippen LogP contribution in [0.25, 0.3) is 0 Å². The Morgan fingerprint density at radius 2 is 2.25 bits per heavy atom. The number of hydrogen-bond acceptors (Lipinski definition) is 4. The zero-order valence-corrected chi connectivity index (χ0v) is 10.9. The van der Waals surface area contributed by atoms with Gasteiger partial charge in [0.15, 0.2) is 0 Å². The first-order valence-corrected chi connectivity index (χ1v) is 6.21. The molecule has 5 heteroatoms. The molecule has 1 saturated heterocycles. The highest BCUT2D eigenvalue weighted by molar-refractivity contribution is 5.94. The zero-order valence-electron chi connectivity index (χ0n) is 10.9. The minimum Gasteiger partial charge on any atom is -0.481 e. The molecular formula is C15H14N2O3. The number of rotatable bonds is 3. The third-order valence-corrected chi connectivity index (χ3v) is 2.96. The van der Waals surface area contributed by atoms with E-state index in [9.17, 15) is 4.79 Å². The van der Waals surface area contributed by atoms with E-state index >= 15 is 0 Å². The smallest absolute Gasteiger partial charge is 0.255 e. The molecule has 0 unspecified atom stereocenters. The second-order valence-electron chi connectivity index (χ2n) is 4.24. The highest BCUT2D eigenvalue weighted by Gasteiger charge is 2.27. The normalized spacial score (nSPS) is 17.9. The Kier molecular flexibility index (Phi) is 4.60. The highest BCUT2D eigenvalue weighted by Crippen LogP contribution is 2.16. The fourth-order valence-electron chi connectivity index (χ4n) is 1.94. The Morgan fingerprint density at radius 1 is 1.50 bits per heavy atom. The number of nitriles is 1. The lowest BCUT2D eigenvalue weighted by Crippen LogP contribution is -2.47. The van der Waals surface area contributed by atoms with Gasteiger partial charge in [0.2, 0.25) is 0 Å². The molecule has 1 aromatic carbocycles. The average Bonchev–Trinajstić information content (AvgIpc) is 2.52. The van der Waals surface area contributed by atoms with Crippen molar-refractivity contribution >= 4 is 5.91 Å². The maximum Gasteiger partial charge on any atom is 0.255 e. The summed E-state index contributed by atoms with van der Waals surface area (Å²) in [4.78, 5) is 13.9. The molecular weight excluding hydrogens is 256 g/mol. The highest BCUT2D eigenvalue weighted by atomic mass is 16.5. The van der Waals surface area contributed by atoms with Gasteiger partial charge in [0.05, 0.1) is 19.3 Å². The molecule has 1 aromatic rings. The molecule has 1 heterocycles. The number of benzene rings is 1. The molecule has 0 spiro atoms. The minimum atomic E-state index is -0.534. The summed E-state index contributed by atoms with van der Waals surface area (Å²) in [6.45, 7) is 1.32. The standard InChI is InChI=1S/C15H14N2O3/c1-2-8-20-14-5-3-12(4-6-14)15(18)17-7-9-19-11-13(17)10-16/h1,3-6,13H,7-9,11H2/t13-/m1/s1. The molecule has 1 amide bonds. The summed E-state index contributed by atoms with van der Waals surface area (Å²) in [6, 6.07) is 8.25. The SMILES string of the molecule is C#CCOc1ccc(C(=O)N2CCOC[C@H]2C#N)cc1. The van der Waals surface area contributed by atoms with Gasteiger partial charge in [-0.3, -0.25) is 4.79 Å². The molecule has 2 rings (SSSR count). The fraction of sp³-hybridized carbons (Fsp3) is 0.333. The number of carbonyl (C=O) groups is 1. The van der Waals surface area contributed by atoms with Gasteiger partial charge < -0.3 is 14.4 Å². The van der Waals surface area contributed by atoms with Crippen LogP contribution in [-0.2, 0) is 4.74 Å². The third kappa shape index (κ3) is 3.09. The van der Waals surface area contributed by atoms with Crippen LogP contribution >= 0.6 is 0 Å². The zero-order chi connectivity index (χ0) is 14.4. The van der Waals surface area contributed by atoms with E-state index in [0.717, 1.165) is 0 Å². The van der Waals surface area contributed by atoms with Crippen LogP contribution in [0.2, 0.25) is 0 Å². The van der Waals surface area contributed by atoms with Crippen LogP contribution in [-0.4, -0.2) is 43.2 Å². The molecule has 0 bridgehead atoms. The molecule has 0 N–H and O–H groups in total. The predicted molar refractivity (Wildman–Crippen MR) is 72.0 cm³/mol. The Labute approximate surface area is 117 Å². The van der Waals surface area contributed by atoms with Crippen molar-refractivity contribution in [2.24, 2.45) is 0 Å². The van der Waals surface area contributed by atoms with Gasteiger partial charge in [-0.05, 0) is 24.3 Å². The maximum absolute atomic E-state index is 12.3. The summed E-state index contributed by atoms with van der Waals surface area (Å²) in [6.07, 6.45) is 5.10. The van der Waals surface area contributed by atoms with Crippen LogP contribution in [0.3, 0.4) is 0 Å². The Morgan fingerprint density at radius 3 is 2.90 bits per heavy atom. The molecule has 102 valence electrons. The van der Waals surface area contributed by atoms with Gasteiger partial charge >= 0.3 is 0 Å². The van der Waals surface area contributed by atoms with Crippen molar-refractivity contribution in [3.05, 3.63) is 29.8 Å². The lowest BCUT2D eigenvalue weighted by Gasteiger charge is -2.31. The van der Waals surface area contributed by atoms with Crippen LogP contribution < -0.4 is 4.74 Å². The van der Waals surface area contributed by atoms with Crippen molar-refractivity contribution < 1.29 is 14.3 Å². The first-order chi connectivity index (χ1) is 9.76. The quantitative estimate of drug-likeness (QED) is 0.771. The van der Waals surface area contributed by atoms with E-state index in [1.165, 1.54) is 4.90 Å². The van der Waals surface area contributed by atoms with E-state index < -0.39 is 6.04 Å². The molecule has 0 saturated carbocycles. The fourth-order valence-corrected chi connectivity index (χ4v) is 1.94. The lowest BCUT2D eigenvalue weighted by atomic mass is 10.1. The Hall–Kier alpha value is -2.50. The summed E-state index contributed by atoms with van der Waals surface area (Å²) in [5, 5.41) is 9.04. The number of hydrogen-bond donors (Lipinski definition) is 0. The van der Waals surface area contributed by atoms with E-state index in [-0.39, 0.29) is 19.1 Å². The Bertz CT molecular complexity index is 554. The van der Waals surface area contributed by atoms with E-state index in [4.69, 9.17) is 21.2 Å². The summed E-state index contributed by atoms with van der Waals surface area (Å²) in [5.74, 6) is 2.80. The van der Waals surface area contributed by atoms with E-state index in [1.807, 2.05) is 0 Å². The second-order valence-corrected chi connectivity index (χ2v) is 4.24. The maximum atomic E-state index is 12.3. The number of nitrogens with zero attached hydrogens (tertiary/aromatic N) is 2. The first kappa shape index (κ1) is 13.9. The molecule has 1 aliphatic rings. The molecule has 0 aromatic heterocycles. The molecule has 0 aliphatic carbocycles. The van der Waals surface area contributed by atoms with Crippen LogP contribution in [0.5, 0.6) is 5.75 Å². The third-order valence-electron chi connectivity index (χ3n) is 2.96. The molecule has 1 atom stereocenters. The van der Waals surface area contributed by atoms with Gasteiger partial charge in [-0.25, -0.2) is 0 Å². The van der Waals surface area contributed by atoms with Gasteiger partial charge in [0, 0.05) is 12.1 Å². The summed E-state index contributed by atoms with van der Waals surface area (Å²) >= 11 is 0. The monoisotopic (exact) mass is 270 g/mol. The number of ether oxygens (including phenoxy) is 2. The number of amides is 1. The van der Waals surface area contributed by atoms with Gasteiger partial charge in [-0.1, -0.05) is 5.92 Å². The van der Waals surface area contributed by atoms with Gasteiger partial charge in [0.25, 0.3) is 5.91 Å². The van der Waals surface area contributed by atoms with E-state index in [0.29, 0.717) is 24.5 Å². The molecule has 1 aliphatic heterocycles. The van der Waals surface area contributed by atoms with Gasteiger partial charge in [-0.2, -0.15) is 5.26 Å². The summed E-state index contributed by atoms with van der Waals surface area (Å²) in [7, 11) is 0. The van der Waals surface area contributed by atoms with Crippen LogP contribution in [0.15, 0.2) is 24.3 Å². The number of terminal acetylenes is 1. The summed E-state index contributed by atoms with van der Waals surface area (Å²) in [5.41, 5.74) is 0.514. The predicted octanol–water partition coefficient (Wildman–Crippen LogP) is 1.06. The average molecular weight is 270 g/mol. The molecule has 20 heavy (non-hydrogen) atoms. The lowest BCUT2D eigenvalue weighted by molar-refractivity contribution is 0.0132. The van der Waals surface area contributed by atoms with Crippen molar-refractivity contribution in [1.29, 1.82) is 5.26 Å². The van der Waals surface area contributed by atoms with Crippen molar-refractivity contribution in [2.75, 3.05) is 26.4 Å². The van der Waals surface area contributed by atoms with Crippen molar-refractivity contribution in [3.63, 3.8) is 0 Å². The minimum absolute atomic E-state index is 0.177. The van der Waals surface area contributed by atoms with Crippen LogP contribution in [0.4, 0.5) is 0 Å². The number of morpholine rings is 1. The summed E-state index contributed by atoms with van der Waals surface area (Å²) < 4.78 is 10.4. The van der Waals surface area contributed by atoms with Crippen LogP contribution in [0, 0.1) is 23.7 Å².